The van der Waals surface area contributed by atoms with Crippen molar-refractivity contribution in [2.24, 2.45) is 5.73 Å². The molecule has 1 heterocycles. The van der Waals surface area contributed by atoms with E-state index < -0.39 is 0 Å². The first kappa shape index (κ1) is 12.2. The third-order valence-corrected chi connectivity index (χ3v) is 3.34. The Morgan fingerprint density at radius 1 is 1.18 bits per heavy atom. The fourth-order valence-electron chi connectivity index (χ4n) is 2.19. The highest BCUT2D eigenvalue weighted by atomic mass is 16.5. The van der Waals surface area contributed by atoms with Crippen LogP contribution in [0, 0.1) is 0 Å². The van der Waals surface area contributed by atoms with Crippen molar-refractivity contribution in [2.75, 3.05) is 34.0 Å². The highest BCUT2D eigenvalue weighted by molar-refractivity contribution is 5.43. The van der Waals surface area contributed by atoms with Crippen LogP contribution >= 0.6 is 0 Å². The molecule has 0 amide bonds. The van der Waals surface area contributed by atoms with Gasteiger partial charge in [0.25, 0.3) is 0 Å². The second-order valence-corrected chi connectivity index (χ2v) is 4.41. The molecule has 1 aliphatic heterocycles. The van der Waals surface area contributed by atoms with Gasteiger partial charge in [0.15, 0.2) is 0 Å². The van der Waals surface area contributed by atoms with Crippen molar-refractivity contribution in [1.29, 1.82) is 0 Å². The summed E-state index contributed by atoms with van der Waals surface area (Å²) in [5, 5.41) is 0. The van der Waals surface area contributed by atoms with Crippen LogP contribution < -0.4 is 15.2 Å². The van der Waals surface area contributed by atoms with Crippen molar-refractivity contribution in [1.82, 2.24) is 0 Å². The van der Waals surface area contributed by atoms with Crippen LogP contribution in [0.15, 0.2) is 18.2 Å². The summed E-state index contributed by atoms with van der Waals surface area (Å²) in [5.74, 6) is 1.62. The predicted molar refractivity (Wildman–Crippen MR) is 65.7 cm³/mol. The van der Waals surface area contributed by atoms with Gasteiger partial charge < -0.3 is 19.9 Å². The number of methoxy groups -OCH3 is 2. The van der Waals surface area contributed by atoms with Crippen LogP contribution in [0.2, 0.25) is 0 Å². The van der Waals surface area contributed by atoms with Gasteiger partial charge in [0, 0.05) is 11.5 Å². The van der Waals surface area contributed by atoms with E-state index in [4.69, 9.17) is 19.9 Å². The van der Waals surface area contributed by atoms with Crippen LogP contribution in [0.25, 0.3) is 0 Å². The first-order valence-corrected chi connectivity index (χ1v) is 5.75. The molecule has 0 aromatic heterocycles. The lowest BCUT2D eigenvalue weighted by atomic mass is 9.76. The van der Waals surface area contributed by atoms with E-state index >= 15 is 0 Å². The van der Waals surface area contributed by atoms with Gasteiger partial charge >= 0.3 is 0 Å². The molecule has 0 radical (unpaired) electrons. The number of hydrogen-bond donors (Lipinski definition) is 1. The average molecular weight is 237 g/mol. The van der Waals surface area contributed by atoms with Gasteiger partial charge in [-0.3, -0.25) is 0 Å². The molecule has 0 aliphatic carbocycles. The predicted octanol–water partition coefficient (Wildman–Crippen LogP) is 1.32. The van der Waals surface area contributed by atoms with Crippen LogP contribution in [-0.2, 0) is 10.2 Å². The van der Waals surface area contributed by atoms with E-state index in [-0.39, 0.29) is 5.41 Å². The van der Waals surface area contributed by atoms with Gasteiger partial charge in [0.1, 0.15) is 11.5 Å². The first-order chi connectivity index (χ1) is 8.24. The van der Waals surface area contributed by atoms with Crippen LogP contribution in [-0.4, -0.2) is 34.0 Å². The Kier molecular flexibility index (Phi) is 3.54. The quantitative estimate of drug-likeness (QED) is 0.839. The molecular weight excluding hydrogens is 218 g/mol. The zero-order chi connectivity index (χ0) is 12.3. The Balaban J connectivity index is 2.35. The Bertz CT molecular complexity index is 366. The standard InChI is InChI=1S/C13H19NO3/c1-15-11-5-10(6-12(7-11)16-2)13(3-4-14)8-17-9-13/h5-7H,3-4,8-9,14H2,1-2H3. The molecule has 4 nitrogen and oxygen atoms in total. The summed E-state index contributed by atoms with van der Waals surface area (Å²) in [5.41, 5.74) is 6.91. The highest BCUT2D eigenvalue weighted by Gasteiger charge is 2.40. The number of ether oxygens (including phenoxy) is 3. The normalized spacial score (nSPS) is 17.4. The number of rotatable bonds is 5. The minimum atomic E-state index is 0.0383. The molecule has 17 heavy (non-hydrogen) atoms. The van der Waals surface area contributed by atoms with Crippen LogP contribution in [0.3, 0.4) is 0 Å². The average Bonchev–Trinajstić information content (AvgIpc) is 2.33. The topological polar surface area (TPSA) is 53.7 Å². The molecule has 0 atom stereocenters. The van der Waals surface area contributed by atoms with Crippen molar-refractivity contribution in [3.63, 3.8) is 0 Å². The molecule has 0 unspecified atom stereocenters. The fraction of sp³-hybridized carbons (Fsp3) is 0.538. The molecule has 1 fully saturated rings. The van der Waals surface area contributed by atoms with Crippen LogP contribution in [0.1, 0.15) is 12.0 Å². The van der Waals surface area contributed by atoms with Crippen LogP contribution in [0.5, 0.6) is 11.5 Å². The minimum absolute atomic E-state index is 0.0383. The number of nitrogens with two attached hydrogens (primary N) is 1. The number of hydrogen-bond acceptors (Lipinski definition) is 4. The van der Waals surface area contributed by atoms with Gasteiger partial charge in [0.05, 0.1) is 27.4 Å². The smallest absolute Gasteiger partial charge is 0.122 e. The lowest BCUT2D eigenvalue weighted by molar-refractivity contribution is -0.0632. The zero-order valence-corrected chi connectivity index (χ0v) is 10.4. The molecule has 1 saturated heterocycles. The van der Waals surface area contributed by atoms with E-state index in [0.717, 1.165) is 31.1 Å². The molecule has 1 aliphatic rings. The highest BCUT2D eigenvalue weighted by Crippen LogP contribution is 2.38. The van der Waals surface area contributed by atoms with Crippen molar-refractivity contribution >= 4 is 0 Å². The second kappa shape index (κ2) is 4.94. The molecule has 2 rings (SSSR count). The van der Waals surface area contributed by atoms with Gasteiger partial charge in [-0.05, 0) is 30.7 Å². The Hall–Kier alpha value is -1.26. The van der Waals surface area contributed by atoms with Crippen molar-refractivity contribution in [3.8, 4) is 11.5 Å². The summed E-state index contributed by atoms with van der Waals surface area (Å²) >= 11 is 0. The van der Waals surface area contributed by atoms with E-state index in [1.165, 1.54) is 5.56 Å². The molecule has 0 bridgehead atoms. The van der Waals surface area contributed by atoms with Crippen molar-refractivity contribution in [3.05, 3.63) is 23.8 Å². The minimum Gasteiger partial charge on any atom is -0.497 e. The second-order valence-electron chi connectivity index (χ2n) is 4.41. The molecule has 2 N–H and O–H groups in total. The molecule has 94 valence electrons. The Morgan fingerprint density at radius 2 is 1.76 bits per heavy atom. The van der Waals surface area contributed by atoms with E-state index in [1.807, 2.05) is 18.2 Å². The summed E-state index contributed by atoms with van der Waals surface area (Å²) in [6, 6.07) is 5.96. The largest absolute Gasteiger partial charge is 0.497 e. The summed E-state index contributed by atoms with van der Waals surface area (Å²) in [7, 11) is 3.32. The van der Waals surface area contributed by atoms with E-state index in [2.05, 4.69) is 0 Å². The van der Waals surface area contributed by atoms with Gasteiger partial charge in [-0.1, -0.05) is 0 Å². The van der Waals surface area contributed by atoms with E-state index in [1.54, 1.807) is 14.2 Å². The Morgan fingerprint density at radius 3 is 2.12 bits per heavy atom. The summed E-state index contributed by atoms with van der Waals surface area (Å²) in [6.07, 6.45) is 0.920. The van der Waals surface area contributed by atoms with E-state index in [0.29, 0.717) is 6.54 Å². The Labute approximate surface area is 102 Å². The summed E-state index contributed by atoms with van der Waals surface area (Å²) < 4.78 is 15.9. The maximum atomic E-state index is 5.68. The molecule has 1 aromatic carbocycles. The van der Waals surface area contributed by atoms with Gasteiger partial charge in [-0.25, -0.2) is 0 Å². The molecule has 0 saturated carbocycles. The molecular formula is C13H19NO3. The maximum Gasteiger partial charge on any atom is 0.122 e. The monoisotopic (exact) mass is 237 g/mol. The fourth-order valence-corrected chi connectivity index (χ4v) is 2.19. The van der Waals surface area contributed by atoms with Crippen LogP contribution in [0.4, 0.5) is 0 Å². The van der Waals surface area contributed by atoms with E-state index in [9.17, 15) is 0 Å². The third-order valence-electron chi connectivity index (χ3n) is 3.34. The summed E-state index contributed by atoms with van der Waals surface area (Å²) in [6.45, 7) is 2.10. The van der Waals surface area contributed by atoms with Gasteiger partial charge in [0.2, 0.25) is 0 Å². The van der Waals surface area contributed by atoms with Gasteiger partial charge in [-0.15, -0.1) is 0 Å². The zero-order valence-electron chi connectivity index (χ0n) is 10.4. The molecule has 0 spiro atoms. The van der Waals surface area contributed by atoms with Crippen molar-refractivity contribution < 1.29 is 14.2 Å². The third kappa shape index (κ3) is 2.23. The lowest BCUT2D eigenvalue weighted by Gasteiger charge is -2.42. The first-order valence-electron chi connectivity index (χ1n) is 5.75. The summed E-state index contributed by atoms with van der Waals surface area (Å²) in [4.78, 5) is 0. The lowest BCUT2D eigenvalue weighted by Crippen LogP contribution is -2.48. The van der Waals surface area contributed by atoms with Gasteiger partial charge in [-0.2, -0.15) is 0 Å². The molecule has 4 heteroatoms. The maximum absolute atomic E-state index is 5.68. The SMILES string of the molecule is COc1cc(OC)cc(C2(CCN)COC2)c1. The van der Waals surface area contributed by atoms with Crippen molar-refractivity contribution in [2.45, 2.75) is 11.8 Å². The number of benzene rings is 1. The molecule has 1 aromatic rings.